The minimum Gasteiger partial charge on any atom is -0.395 e. The van der Waals surface area contributed by atoms with E-state index in [2.05, 4.69) is 21.4 Å². The zero-order valence-corrected chi connectivity index (χ0v) is 14.3. The van der Waals surface area contributed by atoms with Crippen LogP contribution in [-0.2, 0) is 0 Å². The molecule has 0 aliphatic carbocycles. The number of pyridine rings is 2. The molecule has 0 radical (unpaired) electrons. The Hall–Kier alpha value is -3.07. The van der Waals surface area contributed by atoms with Crippen molar-refractivity contribution in [3.63, 3.8) is 0 Å². The second kappa shape index (κ2) is 8.86. The fraction of sp³-hybridized carbons (Fsp3) is 0.190. The van der Waals surface area contributed by atoms with Gasteiger partial charge in [0.25, 0.3) is 0 Å². The first-order valence-corrected chi connectivity index (χ1v) is 8.47. The maximum Gasteiger partial charge on any atom is 0.0991 e. The van der Waals surface area contributed by atoms with E-state index in [9.17, 15) is 10.4 Å². The van der Waals surface area contributed by atoms with Crippen molar-refractivity contribution in [2.24, 2.45) is 0 Å². The first-order valence-electron chi connectivity index (χ1n) is 8.47. The van der Waals surface area contributed by atoms with Gasteiger partial charge < -0.3 is 10.4 Å². The number of benzene rings is 1. The average molecular weight is 344 g/mol. The summed E-state index contributed by atoms with van der Waals surface area (Å²) in [6, 6.07) is 17.5. The SMILES string of the molecule is N#Cc1cccc(C(NCCO)C(c2cccnc2)c2cccnc2)c1. The van der Waals surface area contributed by atoms with E-state index in [0.29, 0.717) is 12.1 Å². The lowest BCUT2D eigenvalue weighted by Gasteiger charge is -2.29. The molecule has 0 spiro atoms. The highest BCUT2D eigenvalue weighted by Gasteiger charge is 2.26. The highest BCUT2D eigenvalue weighted by Crippen LogP contribution is 2.36. The van der Waals surface area contributed by atoms with Crippen molar-refractivity contribution in [1.82, 2.24) is 15.3 Å². The van der Waals surface area contributed by atoms with Crippen molar-refractivity contribution in [2.75, 3.05) is 13.2 Å². The Morgan fingerprint density at radius 1 is 0.962 bits per heavy atom. The van der Waals surface area contributed by atoms with Crippen LogP contribution in [0.1, 0.15) is 34.2 Å². The molecule has 1 unspecified atom stereocenters. The summed E-state index contributed by atoms with van der Waals surface area (Å²) in [6.07, 6.45) is 7.19. The monoisotopic (exact) mass is 344 g/mol. The summed E-state index contributed by atoms with van der Waals surface area (Å²) in [5.41, 5.74) is 3.67. The third-order valence-corrected chi connectivity index (χ3v) is 4.27. The Bertz CT molecular complexity index is 822. The van der Waals surface area contributed by atoms with E-state index >= 15 is 0 Å². The van der Waals surface area contributed by atoms with Gasteiger partial charge in [0.15, 0.2) is 0 Å². The fourth-order valence-electron chi connectivity index (χ4n) is 3.15. The lowest BCUT2D eigenvalue weighted by atomic mass is 9.82. The molecule has 0 aliphatic rings. The van der Waals surface area contributed by atoms with Crippen LogP contribution >= 0.6 is 0 Å². The summed E-state index contributed by atoms with van der Waals surface area (Å²) < 4.78 is 0. The van der Waals surface area contributed by atoms with Gasteiger partial charge in [0.05, 0.1) is 18.2 Å². The largest absolute Gasteiger partial charge is 0.395 e. The highest BCUT2D eigenvalue weighted by atomic mass is 16.3. The van der Waals surface area contributed by atoms with Crippen molar-refractivity contribution < 1.29 is 5.11 Å². The van der Waals surface area contributed by atoms with Gasteiger partial charge >= 0.3 is 0 Å². The molecule has 5 heteroatoms. The standard InChI is InChI=1S/C21H20N4O/c22-13-16-4-1-5-17(12-16)21(25-10-11-26)20(18-6-2-8-23-14-18)19-7-3-9-24-15-19/h1-9,12,14-15,20-21,25-26H,10-11H2. The number of aromatic nitrogens is 2. The van der Waals surface area contributed by atoms with Crippen molar-refractivity contribution >= 4 is 0 Å². The van der Waals surface area contributed by atoms with E-state index in [-0.39, 0.29) is 18.6 Å². The van der Waals surface area contributed by atoms with Gasteiger partial charge in [-0.05, 0) is 41.0 Å². The summed E-state index contributed by atoms with van der Waals surface area (Å²) in [7, 11) is 0. The Labute approximate surface area is 153 Å². The van der Waals surface area contributed by atoms with Crippen LogP contribution in [0.2, 0.25) is 0 Å². The Morgan fingerprint density at radius 3 is 2.15 bits per heavy atom. The van der Waals surface area contributed by atoms with Gasteiger partial charge in [-0.1, -0.05) is 24.3 Å². The molecule has 130 valence electrons. The highest BCUT2D eigenvalue weighted by molar-refractivity contribution is 5.39. The zero-order valence-electron chi connectivity index (χ0n) is 14.3. The molecule has 1 atom stereocenters. The number of hydrogen-bond donors (Lipinski definition) is 2. The second-order valence-electron chi connectivity index (χ2n) is 5.94. The Balaban J connectivity index is 2.11. The lowest BCUT2D eigenvalue weighted by molar-refractivity contribution is 0.281. The van der Waals surface area contributed by atoms with Crippen molar-refractivity contribution in [3.8, 4) is 6.07 Å². The van der Waals surface area contributed by atoms with E-state index in [1.54, 1.807) is 18.5 Å². The number of aliphatic hydroxyl groups excluding tert-OH is 1. The molecule has 2 aromatic heterocycles. The van der Waals surface area contributed by atoms with Crippen LogP contribution < -0.4 is 5.32 Å². The minimum atomic E-state index is -0.135. The number of nitriles is 1. The van der Waals surface area contributed by atoms with Crippen LogP contribution in [0.3, 0.4) is 0 Å². The average Bonchev–Trinajstić information content (AvgIpc) is 2.72. The molecule has 2 N–H and O–H groups in total. The molecule has 0 amide bonds. The van der Waals surface area contributed by atoms with Crippen LogP contribution in [0.15, 0.2) is 73.3 Å². The van der Waals surface area contributed by atoms with Crippen LogP contribution in [0.25, 0.3) is 0 Å². The number of hydrogen-bond acceptors (Lipinski definition) is 5. The molecule has 0 saturated heterocycles. The topological polar surface area (TPSA) is 81.8 Å². The number of nitrogens with zero attached hydrogens (tertiary/aromatic N) is 3. The molecule has 3 rings (SSSR count). The van der Waals surface area contributed by atoms with Gasteiger partial charge in [-0.2, -0.15) is 5.26 Å². The van der Waals surface area contributed by atoms with E-state index in [0.717, 1.165) is 16.7 Å². The van der Waals surface area contributed by atoms with Gasteiger partial charge in [0.2, 0.25) is 0 Å². The molecule has 0 fully saturated rings. The summed E-state index contributed by atoms with van der Waals surface area (Å²) in [6.45, 7) is 0.472. The molecular weight excluding hydrogens is 324 g/mol. The molecule has 0 aliphatic heterocycles. The zero-order chi connectivity index (χ0) is 18.2. The van der Waals surface area contributed by atoms with Gasteiger partial charge in [-0.25, -0.2) is 0 Å². The third kappa shape index (κ3) is 4.12. The van der Waals surface area contributed by atoms with Crippen LogP contribution in [0.5, 0.6) is 0 Å². The number of nitrogens with one attached hydrogen (secondary N) is 1. The van der Waals surface area contributed by atoms with Crippen molar-refractivity contribution in [2.45, 2.75) is 12.0 Å². The molecule has 0 bridgehead atoms. The van der Waals surface area contributed by atoms with Crippen LogP contribution in [0, 0.1) is 11.3 Å². The van der Waals surface area contributed by atoms with Crippen molar-refractivity contribution in [3.05, 3.63) is 95.6 Å². The van der Waals surface area contributed by atoms with Gasteiger partial charge in [0, 0.05) is 43.3 Å². The molecule has 26 heavy (non-hydrogen) atoms. The molecule has 2 heterocycles. The molecule has 0 saturated carbocycles. The molecule has 3 aromatic rings. The smallest absolute Gasteiger partial charge is 0.0991 e. The van der Waals surface area contributed by atoms with Gasteiger partial charge in [0.1, 0.15) is 0 Å². The van der Waals surface area contributed by atoms with E-state index < -0.39 is 0 Å². The lowest BCUT2D eigenvalue weighted by Crippen LogP contribution is -2.30. The fourth-order valence-corrected chi connectivity index (χ4v) is 3.15. The summed E-state index contributed by atoms with van der Waals surface area (Å²) >= 11 is 0. The third-order valence-electron chi connectivity index (χ3n) is 4.27. The summed E-state index contributed by atoms with van der Waals surface area (Å²) in [4.78, 5) is 8.54. The summed E-state index contributed by atoms with van der Waals surface area (Å²) in [5, 5.41) is 22.0. The number of aliphatic hydroxyl groups is 1. The predicted octanol–water partition coefficient (Wildman–Crippen LogP) is 2.80. The van der Waals surface area contributed by atoms with Crippen LogP contribution in [-0.4, -0.2) is 28.2 Å². The maximum absolute atomic E-state index is 9.35. The maximum atomic E-state index is 9.35. The first kappa shape index (κ1) is 17.7. The van der Waals surface area contributed by atoms with Crippen molar-refractivity contribution in [1.29, 1.82) is 5.26 Å². The molecule has 5 nitrogen and oxygen atoms in total. The molecule has 1 aromatic carbocycles. The van der Waals surface area contributed by atoms with Gasteiger partial charge in [-0.3, -0.25) is 9.97 Å². The summed E-state index contributed by atoms with van der Waals surface area (Å²) in [5.74, 6) is -0.0575. The Kier molecular flexibility index (Phi) is 6.05. The van der Waals surface area contributed by atoms with E-state index in [4.69, 9.17) is 0 Å². The van der Waals surface area contributed by atoms with Gasteiger partial charge in [-0.15, -0.1) is 0 Å². The second-order valence-corrected chi connectivity index (χ2v) is 5.94. The number of rotatable bonds is 7. The normalized spacial score (nSPS) is 11.9. The Morgan fingerprint density at radius 2 is 1.62 bits per heavy atom. The first-order chi connectivity index (χ1) is 12.8. The van der Waals surface area contributed by atoms with Crippen LogP contribution in [0.4, 0.5) is 0 Å². The predicted molar refractivity (Wildman–Crippen MR) is 99.3 cm³/mol. The van der Waals surface area contributed by atoms with E-state index in [1.165, 1.54) is 0 Å². The quantitative estimate of drug-likeness (QED) is 0.689. The van der Waals surface area contributed by atoms with E-state index in [1.807, 2.05) is 54.9 Å². The minimum absolute atomic E-state index is 0.0290. The molecular formula is C21H20N4O.